The smallest absolute Gasteiger partial charge is 0.331 e. The van der Waals surface area contributed by atoms with Crippen LogP contribution in [0.2, 0.25) is 10.0 Å². The third-order valence-electron chi connectivity index (χ3n) is 9.47. The van der Waals surface area contributed by atoms with Crippen molar-refractivity contribution in [2.24, 2.45) is 0 Å². The van der Waals surface area contributed by atoms with Crippen molar-refractivity contribution in [1.29, 1.82) is 0 Å². The van der Waals surface area contributed by atoms with Gasteiger partial charge in [-0.1, -0.05) is 41.4 Å². The molecule has 6 rings (SSSR count). The molecule has 292 valence electrons. The fourth-order valence-electron chi connectivity index (χ4n) is 6.53. The molecule has 12 nitrogen and oxygen atoms in total. The molecule has 1 aromatic heterocycles. The second-order valence-corrected chi connectivity index (χ2v) is 19.6. The van der Waals surface area contributed by atoms with Crippen LogP contribution in [0.5, 0.6) is 0 Å². The third-order valence-corrected chi connectivity index (χ3v) is 15.0. The van der Waals surface area contributed by atoms with Gasteiger partial charge in [-0.25, -0.2) is 13.2 Å². The number of hydrogen-bond acceptors (Lipinski definition) is 11. The van der Waals surface area contributed by atoms with E-state index in [1.54, 1.807) is 35.4 Å². The molecule has 0 radical (unpaired) electrons. The Morgan fingerprint density at radius 2 is 1.91 bits per heavy atom. The molecule has 0 saturated carbocycles. The number of nitrogens with one attached hydrogen (secondary N) is 1. The quantitative estimate of drug-likeness (QED) is 0.0486. The predicted molar refractivity (Wildman–Crippen MR) is 210 cm³/mol. The number of rotatable bonds is 14. The lowest BCUT2D eigenvalue weighted by molar-refractivity contribution is -0.168. The molecule has 3 heterocycles. The molecule has 1 unspecified atom stereocenters. The minimum atomic E-state index is -3.58. The van der Waals surface area contributed by atoms with Gasteiger partial charge < -0.3 is 28.7 Å². The number of amides is 2. The van der Waals surface area contributed by atoms with Gasteiger partial charge in [0.15, 0.2) is 9.84 Å². The fourth-order valence-corrected chi connectivity index (χ4v) is 11.5. The number of unbranched alkanes of at least 4 members (excludes halogenated alkanes) is 1. The summed E-state index contributed by atoms with van der Waals surface area (Å²) in [5.74, 6) is -1.65. The van der Waals surface area contributed by atoms with Crippen LogP contribution in [0, 0.1) is 0 Å². The second-order valence-electron chi connectivity index (χ2n) is 13.3. The standard InChI is InChI=1S/C38H38Cl2N2O10S3/c1-55(48,49)28-7-4-5-23(17-28)18-31(38(46)52-22-51-33(43)8-3-2-6-27-13-16-53-54(27)47)41-36(44)34-30(39)19-26-21-42(14-11-29(26)35(34)40)37(45)25-10-9-24-12-15-50-32(24)20-25/h4-5,7,9-10,12,15,17,19-20,27,31H,2-3,6,8,11,13-14,16,18,21-22H2,1H3,(H,41,44)/t27-,31+,54?/m1/s1. The van der Waals surface area contributed by atoms with Gasteiger partial charge in [-0.05, 0) is 78.8 Å². The van der Waals surface area contributed by atoms with Gasteiger partial charge >= 0.3 is 11.9 Å². The molecule has 0 spiro atoms. The first-order valence-corrected chi connectivity index (χ1v) is 22.9. The molecule has 1 N–H and O–H groups in total. The summed E-state index contributed by atoms with van der Waals surface area (Å²) >= 11 is 13.5. The van der Waals surface area contributed by atoms with E-state index < -0.39 is 50.7 Å². The maximum absolute atomic E-state index is 13.8. The van der Waals surface area contributed by atoms with E-state index in [4.69, 9.17) is 37.1 Å². The molecule has 2 aliphatic rings. The van der Waals surface area contributed by atoms with E-state index in [0.717, 1.165) is 30.2 Å². The van der Waals surface area contributed by atoms with Crippen LogP contribution in [-0.4, -0.2) is 78.3 Å². The number of fused-ring (bicyclic) bond motifs is 2. The van der Waals surface area contributed by atoms with E-state index >= 15 is 0 Å². The molecule has 55 heavy (non-hydrogen) atoms. The number of nitrogens with zero attached hydrogens (tertiary/aromatic N) is 1. The lowest BCUT2D eigenvalue weighted by Crippen LogP contribution is -2.44. The predicted octanol–water partition coefficient (Wildman–Crippen LogP) is 6.46. The highest BCUT2D eigenvalue weighted by atomic mass is 35.5. The largest absolute Gasteiger partial charge is 0.605 e. The van der Waals surface area contributed by atoms with Gasteiger partial charge in [0, 0.05) is 65.5 Å². The number of benzene rings is 3. The van der Waals surface area contributed by atoms with Crippen molar-refractivity contribution in [2.45, 2.75) is 67.7 Å². The van der Waals surface area contributed by atoms with Gasteiger partial charge in [-0.2, -0.15) is 0 Å². The van der Waals surface area contributed by atoms with Crippen molar-refractivity contribution in [2.75, 3.05) is 25.3 Å². The molecule has 0 aliphatic carbocycles. The van der Waals surface area contributed by atoms with Crippen molar-refractivity contribution >= 4 is 88.8 Å². The number of furan rings is 1. The molecular formula is C38H38Cl2N2O10S3. The zero-order valence-corrected chi connectivity index (χ0v) is 33.7. The van der Waals surface area contributed by atoms with Gasteiger partial charge in [0.25, 0.3) is 11.8 Å². The first kappa shape index (κ1) is 40.9. The molecule has 2 amide bonds. The number of halogens is 2. The molecule has 3 atom stereocenters. The highest BCUT2D eigenvalue weighted by Gasteiger charge is 2.32. The number of ether oxygens (including phenoxy) is 2. The Morgan fingerprint density at radius 3 is 2.67 bits per heavy atom. The van der Waals surface area contributed by atoms with Crippen LogP contribution < -0.4 is 5.32 Å². The SMILES string of the molecule is CS(=O)(=O)c1cccc(C[C@H](NC(=O)c2c(Cl)cc3c(c2Cl)CCN(C(=O)c2ccc4ccoc4c2)C3)C(=O)OCOC(=O)CCCC[C@@H]2CCS[S+]2[O-])c1. The first-order chi connectivity index (χ1) is 26.3. The fraction of sp³-hybridized carbons (Fsp3) is 0.368. The van der Waals surface area contributed by atoms with Gasteiger partial charge in [0.2, 0.25) is 6.79 Å². The zero-order chi connectivity index (χ0) is 39.3. The van der Waals surface area contributed by atoms with E-state index in [2.05, 4.69) is 5.32 Å². The summed E-state index contributed by atoms with van der Waals surface area (Å²) in [7, 11) is -3.02. The lowest BCUT2D eigenvalue weighted by atomic mass is 9.95. The minimum absolute atomic E-state index is 0.00870. The number of sulfone groups is 1. The Hall–Kier alpha value is -3.73. The molecule has 1 saturated heterocycles. The summed E-state index contributed by atoms with van der Waals surface area (Å²) in [6.45, 7) is -0.201. The summed E-state index contributed by atoms with van der Waals surface area (Å²) < 4.78 is 52.2. The van der Waals surface area contributed by atoms with Crippen LogP contribution in [0.25, 0.3) is 11.0 Å². The topological polar surface area (TPSA) is 172 Å². The molecule has 4 aromatic rings. The summed E-state index contributed by atoms with van der Waals surface area (Å²) in [5.41, 5.74) is 2.67. The van der Waals surface area contributed by atoms with Crippen LogP contribution in [0.4, 0.5) is 0 Å². The van der Waals surface area contributed by atoms with Crippen molar-refractivity contribution in [3.8, 4) is 0 Å². The van der Waals surface area contributed by atoms with Gasteiger partial charge in [-0.15, -0.1) is 0 Å². The van der Waals surface area contributed by atoms with E-state index in [-0.39, 0.29) is 51.0 Å². The van der Waals surface area contributed by atoms with Crippen LogP contribution in [0.1, 0.15) is 69.5 Å². The number of carbonyl (C=O) groups excluding carboxylic acids is 4. The highest BCUT2D eigenvalue weighted by Crippen LogP contribution is 2.36. The summed E-state index contributed by atoms with van der Waals surface area (Å²) in [5, 5.41) is 3.70. The lowest BCUT2D eigenvalue weighted by Gasteiger charge is -2.30. The first-order valence-electron chi connectivity index (χ1n) is 17.5. The average molecular weight is 850 g/mol. The number of esters is 2. The maximum Gasteiger partial charge on any atom is 0.331 e. The van der Waals surface area contributed by atoms with Gasteiger partial charge in [0.05, 0.1) is 37.6 Å². The van der Waals surface area contributed by atoms with E-state index in [1.807, 2.05) is 12.1 Å². The molecule has 0 bridgehead atoms. The summed E-state index contributed by atoms with van der Waals surface area (Å²) in [6.07, 6.45) is 5.73. The molecule has 3 aromatic carbocycles. The second kappa shape index (κ2) is 18.0. The van der Waals surface area contributed by atoms with Crippen molar-refractivity contribution < 1.29 is 46.0 Å². The van der Waals surface area contributed by atoms with Crippen LogP contribution in [0.3, 0.4) is 0 Å². The number of hydrogen-bond donors (Lipinski definition) is 1. The van der Waals surface area contributed by atoms with Crippen LogP contribution in [-0.2, 0) is 58.5 Å². The van der Waals surface area contributed by atoms with Crippen LogP contribution >= 0.6 is 34.0 Å². The summed E-state index contributed by atoms with van der Waals surface area (Å²) in [4.78, 5) is 54.6. The number of carbonyl (C=O) groups is 4. The van der Waals surface area contributed by atoms with Crippen molar-refractivity contribution in [3.05, 3.63) is 98.7 Å². The molecule has 2 aliphatic heterocycles. The van der Waals surface area contributed by atoms with Crippen molar-refractivity contribution in [1.82, 2.24) is 10.2 Å². The molecular weight excluding hydrogens is 812 g/mol. The maximum atomic E-state index is 13.8. The Kier molecular flexibility index (Phi) is 13.4. The minimum Gasteiger partial charge on any atom is -0.605 e. The zero-order valence-electron chi connectivity index (χ0n) is 29.7. The Bertz CT molecular complexity index is 2210. The Morgan fingerprint density at radius 1 is 1.09 bits per heavy atom. The van der Waals surface area contributed by atoms with Crippen molar-refractivity contribution in [3.63, 3.8) is 0 Å². The van der Waals surface area contributed by atoms with E-state index in [1.165, 1.54) is 29.0 Å². The van der Waals surface area contributed by atoms with E-state index in [0.29, 0.717) is 53.6 Å². The average Bonchev–Trinajstić information content (AvgIpc) is 3.80. The molecule has 1 fully saturated rings. The van der Waals surface area contributed by atoms with Gasteiger partial charge in [0.1, 0.15) is 16.9 Å². The van der Waals surface area contributed by atoms with E-state index in [9.17, 15) is 32.1 Å². The third kappa shape index (κ3) is 10.2. The van der Waals surface area contributed by atoms with Gasteiger partial charge in [-0.3, -0.25) is 14.4 Å². The van der Waals surface area contributed by atoms with Crippen LogP contribution in [0.15, 0.2) is 70.2 Å². The Labute approximate surface area is 335 Å². The monoisotopic (exact) mass is 848 g/mol. The Balaban J connectivity index is 1.12. The highest BCUT2D eigenvalue weighted by molar-refractivity contribution is 8.72. The molecule has 17 heteroatoms. The summed E-state index contributed by atoms with van der Waals surface area (Å²) in [6, 6.07) is 13.2. The normalized spacial score (nSPS) is 17.4.